The van der Waals surface area contributed by atoms with Crippen molar-refractivity contribution in [3.8, 4) is 0 Å². The molecule has 0 unspecified atom stereocenters. The van der Waals surface area contributed by atoms with E-state index in [1.54, 1.807) is 0 Å². The van der Waals surface area contributed by atoms with Gasteiger partial charge in [0.1, 0.15) is 5.65 Å². The molecule has 2 rings (SSSR count). The van der Waals surface area contributed by atoms with Crippen LogP contribution in [0.2, 0.25) is 0 Å². The Morgan fingerprint density at radius 1 is 1.22 bits per heavy atom. The second kappa shape index (κ2) is 12.2. The number of amides is 1. The molecule has 0 atom stereocenters. The highest BCUT2D eigenvalue weighted by molar-refractivity contribution is 14.0. The lowest BCUT2D eigenvalue weighted by atomic mass is 10.3. The number of carbonyl (C=O) groups is 1. The molecule has 0 saturated carbocycles. The number of carbonyl (C=O) groups excluding carboxylic acids is 1. The summed E-state index contributed by atoms with van der Waals surface area (Å²) in [5, 5.41) is 6.42. The summed E-state index contributed by atoms with van der Waals surface area (Å²) in [7, 11) is 0. The molecule has 0 bridgehead atoms. The SMILES string of the molecule is CCNC(=NCc1cn2cc(Br)ccc2n1)NCCC(=O)N(CC)CC.I. The molecule has 2 aromatic rings. The number of nitrogens with one attached hydrogen (secondary N) is 2. The fourth-order valence-corrected chi connectivity index (χ4v) is 2.97. The van der Waals surface area contributed by atoms with Crippen LogP contribution >= 0.6 is 39.9 Å². The lowest BCUT2D eigenvalue weighted by Gasteiger charge is -2.19. The van der Waals surface area contributed by atoms with Gasteiger partial charge >= 0.3 is 0 Å². The number of imidazole rings is 1. The van der Waals surface area contributed by atoms with Gasteiger partial charge in [-0.25, -0.2) is 9.98 Å². The summed E-state index contributed by atoms with van der Waals surface area (Å²) in [5.41, 5.74) is 1.78. The molecule has 0 aromatic carbocycles. The number of hydrogen-bond donors (Lipinski definition) is 2. The van der Waals surface area contributed by atoms with Gasteiger partial charge in [-0.1, -0.05) is 0 Å². The Bertz CT molecular complexity index is 759. The van der Waals surface area contributed by atoms with Gasteiger partial charge in [-0.05, 0) is 48.8 Å². The first kappa shape index (κ1) is 23.7. The first-order chi connectivity index (χ1) is 12.6. The van der Waals surface area contributed by atoms with Crippen LogP contribution in [0.5, 0.6) is 0 Å². The quantitative estimate of drug-likeness (QED) is 0.301. The van der Waals surface area contributed by atoms with Gasteiger partial charge in [0.05, 0.1) is 12.2 Å². The highest BCUT2D eigenvalue weighted by atomic mass is 127. The van der Waals surface area contributed by atoms with Crippen LogP contribution in [0.3, 0.4) is 0 Å². The van der Waals surface area contributed by atoms with Gasteiger partial charge in [0.15, 0.2) is 5.96 Å². The van der Waals surface area contributed by atoms with E-state index in [2.05, 4.69) is 36.5 Å². The summed E-state index contributed by atoms with van der Waals surface area (Å²) in [6.45, 7) is 9.27. The van der Waals surface area contributed by atoms with E-state index in [1.165, 1.54) is 0 Å². The van der Waals surface area contributed by atoms with Gasteiger partial charge in [0.2, 0.25) is 5.91 Å². The predicted molar refractivity (Wildman–Crippen MR) is 124 cm³/mol. The summed E-state index contributed by atoms with van der Waals surface area (Å²) in [6.07, 6.45) is 4.39. The Morgan fingerprint density at radius 2 is 1.96 bits per heavy atom. The molecule has 150 valence electrons. The number of aliphatic imine (C=N–C) groups is 1. The first-order valence-corrected chi connectivity index (χ1v) is 9.79. The molecule has 0 aliphatic carbocycles. The van der Waals surface area contributed by atoms with Crippen molar-refractivity contribution in [3.63, 3.8) is 0 Å². The number of nitrogens with zero attached hydrogens (tertiary/aromatic N) is 4. The summed E-state index contributed by atoms with van der Waals surface area (Å²) in [5.74, 6) is 0.849. The third-order valence-corrected chi connectivity index (χ3v) is 4.42. The van der Waals surface area contributed by atoms with E-state index >= 15 is 0 Å². The van der Waals surface area contributed by atoms with Gasteiger partial charge in [0, 0.05) is 49.5 Å². The maximum absolute atomic E-state index is 12.1. The molecule has 0 saturated heterocycles. The number of pyridine rings is 1. The van der Waals surface area contributed by atoms with Crippen molar-refractivity contribution in [2.24, 2.45) is 4.99 Å². The molecule has 2 N–H and O–H groups in total. The monoisotopic (exact) mass is 550 g/mol. The van der Waals surface area contributed by atoms with Crippen molar-refractivity contribution in [1.82, 2.24) is 24.9 Å². The molecule has 0 aliphatic rings. The fourth-order valence-electron chi connectivity index (χ4n) is 2.62. The summed E-state index contributed by atoms with van der Waals surface area (Å²) in [4.78, 5) is 23.0. The van der Waals surface area contributed by atoms with E-state index in [9.17, 15) is 4.79 Å². The smallest absolute Gasteiger partial charge is 0.224 e. The highest BCUT2D eigenvalue weighted by Gasteiger charge is 2.09. The molecule has 2 heterocycles. The van der Waals surface area contributed by atoms with Crippen LogP contribution in [-0.4, -0.2) is 52.3 Å². The Morgan fingerprint density at radius 3 is 2.63 bits per heavy atom. The van der Waals surface area contributed by atoms with Crippen LogP contribution in [0, 0.1) is 0 Å². The molecule has 0 spiro atoms. The number of halogens is 2. The molecule has 27 heavy (non-hydrogen) atoms. The van der Waals surface area contributed by atoms with Gasteiger partial charge in [0.25, 0.3) is 0 Å². The first-order valence-electron chi connectivity index (χ1n) is 9.00. The Hall–Kier alpha value is -1.36. The average Bonchev–Trinajstić information content (AvgIpc) is 3.02. The highest BCUT2D eigenvalue weighted by Crippen LogP contribution is 2.12. The second-order valence-corrected chi connectivity index (χ2v) is 6.70. The number of guanidine groups is 1. The number of aromatic nitrogens is 2. The summed E-state index contributed by atoms with van der Waals surface area (Å²) < 4.78 is 2.98. The minimum absolute atomic E-state index is 0. The van der Waals surface area contributed by atoms with Crippen LogP contribution in [0.4, 0.5) is 0 Å². The average molecular weight is 551 g/mol. The molecule has 1 amide bonds. The Balaban J connectivity index is 0.00000364. The van der Waals surface area contributed by atoms with E-state index in [0.717, 1.165) is 35.4 Å². The second-order valence-electron chi connectivity index (χ2n) is 5.78. The topological polar surface area (TPSA) is 74.0 Å². The number of fused-ring (bicyclic) bond motifs is 1. The van der Waals surface area contributed by atoms with Gasteiger partial charge in [-0.2, -0.15) is 0 Å². The predicted octanol–water partition coefficient (Wildman–Crippen LogP) is 3.03. The maximum atomic E-state index is 12.1. The molecular weight excluding hydrogens is 523 g/mol. The standard InChI is InChI=1S/C18H27BrN6O.HI/c1-4-20-18(21-10-9-17(26)24(5-2)6-3)22-11-15-13-25-12-14(19)7-8-16(25)23-15;/h7-8,12-13H,4-6,9-11H2,1-3H3,(H2,20,21,22);1H. The minimum Gasteiger partial charge on any atom is -0.357 e. The summed E-state index contributed by atoms with van der Waals surface area (Å²) >= 11 is 3.46. The molecule has 0 aliphatic heterocycles. The van der Waals surface area contributed by atoms with Crippen LogP contribution in [0.15, 0.2) is 34.0 Å². The largest absolute Gasteiger partial charge is 0.357 e. The molecule has 0 fully saturated rings. The molecule has 0 radical (unpaired) electrons. The van der Waals surface area contributed by atoms with Crippen molar-refractivity contribution in [2.75, 3.05) is 26.2 Å². The molecule has 9 heteroatoms. The van der Waals surface area contributed by atoms with Crippen LogP contribution < -0.4 is 10.6 Å². The van der Waals surface area contributed by atoms with Crippen LogP contribution in [-0.2, 0) is 11.3 Å². The van der Waals surface area contributed by atoms with Crippen molar-refractivity contribution in [3.05, 3.63) is 34.7 Å². The minimum atomic E-state index is 0. The van der Waals surface area contributed by atoms with Crippen molar-refractivity contribution in [2.45, 2.75) is 33.7 Å². The fraction of sp³-hybridized carbons (Fsp3) is 0.500. The Kier molecular flexibility index (Phi) is 10.7. The van der Waals surface area contributed by atoms with Crippen molar-refractivity contribution >= 4 is 57.4 Å². The van der Waals surface area contributed by atoms with E-state index in [-0.39, 0.29) is 29.9 Å². The number of hydrogen-bond acceptors (Lipinski definition) is 3. The third-order valence-electron chi connectivity index (χ3n) is 3.96. The zero-order chi connectivity index (χ0) is 18.9. The number of rotatable bonds is 8. The van der Waals surface area contributed by atoms with Gasteiger partial charge in [-0.15, -0.1) is 24.0 Å². The van der Waals surface area contributed by atoms with E-state index in [4.69, 9.17) is 0 Å². The molecule has 7 nitrogen and oxygen atoms in total. The molecular formula is C18H28BrIN6O. The van der Waals surface area contributed by atoms with E-state index in [0.29, 0.717) is 25.5 Å². The maximum Gasteiger partial charge on any atom is 0.224 e. The van der Waals surface area contributed by atoms with Crippen LogP contribution in [0.25, 0.3) is 5.65 Å². The van der Waals surface area contributed by atoms with Crippen molar-refractivity contribution in [1.29, 1.82) is 0 Å². The van der Waals surface area contributed by atoms with E-state index < -0.39 is 0 Å². The van der Waals surface area contributed by atoms with Crippen LogP contribution in [0.1, 0.15) is 32.9 Å². The zero-order valence-corrected chi connectivity index (χ0v) is 20.0. The van der Waals surface area contributed by atoms with Crippen molar-refractivity contribution < 1.29 is 4.79 Å². The normalized spacial score (nSPS) is 11.2. The van der Waals surface area contributed by atoms with Gasteiger partial charge in [-0.3, -0.25) is 4.79 Å². The summed E-state index contributed by atoms with van der Waals surface area (Å²) in [6, 6.07) is 3.92. The Labute approximate surface area is 186 Å². The zero-order valence-electron chi connectivity index (χ0n) is 16.0. The molecule has 2 aromatic heterocycles. The lowest BCUT2D eigenvalue weighted by molar-refractivity contribution is -0.130. The van der Waals surface area contributed by atoms with E-state index in [1.807, 2.05) is 54.6 Å². The lowest BCUT2D eigenvalue weighted by Crippen LogP contribution is -2.40. The third kappa shape index (κ3) is 7.28. The van der Waals surface area contributed by atoms with Gasteiger partial charge < -0.3 is 19.9 Å².